The number of aromatic amines is 2. The molecule has 1 aromatic carbocycles. The van der Waals surface area contributed by atoms with Gasteiger partial charge in [0.1, 0.15) is 11.7 Å². The molecule has 0 amide bonds. The third kappa shape index (κ3) is 3.88. The van der Waals surface area contributed by atoms with E-state index in [0.29, 0.717) is 10.7 Å². The minimum Gasteiger partial charge on any atom is -0.482 e. The second kappa shape index (κ2) is 6.79. The molecule has 3 nitrogen and oxygen atoms in total. The van der Waals surface area contributed by atoms with Gasteiger partial charge >= 0.3 is 0 Å². The molecule has 0 saturated heterocycles. The Hall–Kier alpha value is -0.240. The third-order valence-electron chi connectivity index (χ3n) is 2.12. The lowest BCUT2D eigenvalue weighted by atomic mass is 10.3. The van der Waals surface area contributed by atoms with Crippen molar-refractivity contribution in [2.45, 2.75) is 5.75 Å². The molecule has 0 saturated carbocycles. The summed E-state index contributed by atoms with van der Waals surface area (Å²) in [6.07, 6.45) is 1.88. The average Bonchev–Trinajstić information content (AvgIpc) is 2.76. The first kappa shape index (κ1) is 14.2. The van der Waals surface area contributed by atoms with Crippen LogP contribution in [0.4, 0.5) is 0 Å². The van der Waals surface area contributed by atoms with Gasteiger partial charge in [0.05, 0.1) is 4.47 Å². The summed E-state index contributed by atoms with van der Waals surface area (Å²) in [5.74, 6) is 2.25. The minimum atomic E-state index is 0.584. The quantitative estimate of drug-likeness (QED) is 0.420. The normalized spacial score (nSPS) is 10.6. The highest BCUT2D eigenvalue weighted by atomic mass is 79.9. The number of benzene rings is 1. The second-order valence-electron chi connectivity index (χ2n) is 3.43. The number of H-pyrrole nitrogens is 2. The van der Waals surface area contributed by atoms with E-state index in [4.69, 9.17) is 17.0 Å². The molecule has 0 bridgehead atoms. The molecule has 0 aliphatic heterocycles. The summed E-state index contributed by atoms with van der Waals surface area (Å²) in [6.45, 7) is 0. The van der Waals surface area contributed by atoms with Crippen LogP contribution in [0.1, 0.15) is 5.69 Å². The largest absolute Gasteiger partial charge is 0.482 e. The lowest BCUT2D eigenvalue weighted by Crippen LogP contribution is -1.94. The van der Waals surface area contributed by atoms with Crippen LogP contribution in [0.25, 0.3) is 0 Å². The molecular weight excluding hydrogens is 400 g/mol. The van der Waals surface area contributed by atoms with E-state index in [9.17, 15) is 0 Å². The smallest absolute Gasteiger partial charge is 0.174 e. The number of hydrogen-bond donors (Lipinski definition) is 2. The van der Waals surface area contributed by atoms with E-state index in [1.54, 1.807) is 11.8 Å². The Labute approximate surface area is 131 Å². The van der Waals surface area contributed by atoms with Gasteiger partial charge in [0, 0.05) is 22.1 Å². The molecule has 0 spiro atoms. The summed E-state index contributed by atoms with van der Waals surface area (Å²) in [7, 11) is 0. The first-order valence-corrected chi connectivity index (χ1v) is 8.23. The summed E-state index contributed by atoms with van der Waals surface area (Å²) in [4.78, 5) is 6.00. The van der Waals surface area contributed by atoms with Gasteiger partial charge in [-0.2, -0.15) is 0 Å². The monoisotopic (exact) mass is 408 g/mol. The van der Waals surface area contributed by atoms with Gasteiger partial charge in [0.25, 0.3) is 0 Å². The summed E-state index contributed by atoms with van der Waals surface area (Å²) in [5, 5.41) is 0. The van der Waals surface area contributed by atoms with Crippen LogP contribution in [-0.4, -0.2) is 15.9 Å². The predicted octanol–water partition coefficient (Wildman–Crippen LogP) is 4.87. The molecule has 2 rings (SSSR count). The number of hydrogen-bond acceptors (Lipinski definition) is 3. The van der Waals surface area contributed by atoms with Crippen molar-refractivity contribution in [1.82, 2.24) is 9.97 Å². The van der Waals surface area contributed by atoms with Crippen molar-refractivity contribution in [3.63, 3.8) is 0 Å². The molecule has 0 aliphatic carbocycles. The van der Waals surface area contributed by atoms with E-state index in [1.807, 2.05) is 24.4 Å². The highest BCUT2D eigenvalue weighted by Gasteiger charge is 2.04. The Kier molecular flexibility index (Phi) is 5.35. The van der Waals surface area contributed by atoms with Crippen LogP contribution in [0.15, 0.2) is 33.3 Å². The maximum Gasteiger partial charge on any atom is 0.174 e. The van der Waals surface area contributed by atoms with Gasteiger partial charge in [0.15, 0.2) is 4.77 Å². The second-order valence-corrected chi connectivity index (χ2v) is 6.42. The lowest BCUT2D eigenvalue weighted by molar-refractivity contribution is 0.390. The standard InChI is InChI=1S/C11H10Br2N2OS2/c12-8-2-1-3-9(10(8)13)16-6-18-5-7-4-14-11(17)15-7/h1-4H,5-6H2,(H2,14,15,17). The van der Waals surface area contributed by atoms with Gasteiger partial charge in [0.2, 0.25) is 0 Å². The van der Waals surface area contributed by atoms with Crippen molar-refractivity contribution >= 4 is 55.8 Å². The highest BCUT2D eigenvalue weighted by molar-refractivity contribution is 9.13. The zero-order chi connectivity index (χ0) is 13.0. The molecular formula is C11H10Br2N2OS2. The van der Waals surface area contributed by atoms with Crippen LogP contribution in [0.3, 0.4) is 0 Å². The summed E-state index contributed by atoms with van der Waals surface area (Å²) < 4.78 is 8.26. The molecule has 96 valence electrons. The fraction of sp³-hybridized carbons (Fsp3) is 0.182. The first-order chi connectivity index (χ1) is 8.66. The van der Waals surface area contributed by atoms with Crippen LogP contribution >= 0.6 is 55.8 Å². The number of imidazole rings is 1. The van der Waals surface area contributed by atoms with Crippen molar-refractivity contribution in [1.29, 1.82) is 0 Å². The first-order valence-electron chi connectivity index (χ1n) is 5.08. The third-order valence-corrected chi connectivity index (χ3v) is 5.15. The van der Waals surface area contributed by atoms with E-state index in [2.05, 4.69) is 41.8 Å². The zero-order valence-corrected chi connectivity index (χ0v) is 14.0. The van der Waals surface area contributed by atoms with Crippen LogP contribution in [0.2, 0.25) is 0 Å². The van der Waals surface area contributed by atoms with Gasteiger partial charge in [-0.1, -0.05) is 6.07 Å². The number of halogens is 2. The Morgan fingerprint density at radius 2 is 2.17 bits per heavy atom. The van der Waals surface area contributed by atoms with Crippen LogP contribution in [0, 0.1) is 4.77 Å². The van der Waals surface area contributed by atoms with Gasteiger partial charge in [-0.3, -0.25) is 0 Å². The number of ether oxygens (including phenoxy) is 1. The predicted molar refractivity (Wildman–Crippen MR) is 84.6 cm³/mol. The van der Waals surface area contributed by atoms with Gasteiger partial charge in [-0.15, -0.1) is 11.8 Å². The van der Waals surface area contributed by atoms with Crippen molar-refractivity contribution in [2.75, 3.05) is 5.94 Å². The molecule has 0 atom stereocenters. The fourth-order valence-corrected chi connectivity index (χ4v) is 2.89. The van der Waals surface area contributed by atoms with E-state index < -0.39 is 0 Å². The maximum absolute atomic E-state index is 5.68. The lowest BCUT2D eigenvalue weighted by Gasteiger charge is -2.08. The molecule has 0 unspecified atom stereocenters. The maximum atomic E-state index is 5.68. The molecule has 2 N–H and O–H groups in total. The van der Waals surface area contributed by atoms with Gasteiger partial charge < -0.3 is 14.7 Å². The molecule has 2 aromatic rings. The van der Waals surface area contributed by atoms with Crippen LogP contribution in [0.5, 0.6) is 5.75 Å². The Balaban J connectivity index is 1.82. The molecule has 0 radical (unpaired) electrons. The van der Waals surface area contributed by atoms with E-state index >= 15 is 0 Å². The van der Waals surface area contributed by atoms with Crippen molar-refractivity contribution in [3.05, 3.63) is 43.8 Å². The molecule has 18 heavy (non-hydrogen) atoms. The average molecular weight is 410 g/mol. The fourth-order valence-electron chi connectivity index (χ4n) is 1.30. The van der Waals surface area contributed by atoms with E-state index in [1.165, 1.54) is 0 Å². The van der Waals surface area contributed by atoms with Gasteiger partial charge in [-0.25, -0.2) is 0 Å². The zero-order valence-electron chi connectivity index (χ0n) is 9.20. The Morgan fingerprint density at radius 1 is 1.33 bits per heavy atom. The molecule has 1 aromatic heterocycles. The molecule has 7 heteroatoms. The summed E-state index contributed by atoms with van der Waals surface area (Å²) in [5.41, 5.74) is 1.07. The molecule has 0 aliphatic rings. The van der Waals surface area contributed by atoms with E-state index in [0.717, 1.165) is 26.1 Å². The minimum absolute atomic E-state index is 0.584. The van der Waals surface area contributed by atoms with Crippen molar-refractivity contribution in [3.8, 4) is 5.75 Å². The van der Waals surface area contributed by atoms with Crippen molar-refractivity contribution in [2.24, 2.45) is 0 Å². The Bertz CT molecular complexity index is 582. The summed E-state index contributed by atoms with van der Waals surface area (Å²) in [6, 6.07) is 5.83. The number of aromatic nitrogens is 2. The SMILES string of the molecule is S=c1[nH]cc(CSCOc2cccc(Br)c2Br)[nH]1. The van der Waals surface area contributed by atoms with Crippen molar-refractivity contribution < 1.29 is 4.74 Å². The Morgan fingerprint density at radius 3 is 2.89 bits per heavy atom. The van der Waals surface area contributed by atoms with Crippen LogP contribution < -0.4 is 4.74 Å². The highest BCUT2D eigenvalue weighted by Crippen LogP contribution is 2.32. The number of thioether (sulfide) groups is 1. The topological polar surface area (TPSA) is 40.8 Å². The number of nitrogens with one attached hydrogen (secondary N) is 2. The van der Waals surface area contributed by atoms with E-state index in [-0.39, 0.29) is 0 Å². The summed E-state index contributed by atoms with van der Waals surface area (Å²) >= 11 is 13.5. The molecule has 0 fully saturated rings. The van der Waals surface area contributed by atoms with Gasteiger partial charge in [-0.05, 0) is 56.2 Å². The van der Waals surface area contributed by atoms with Crippen LogP contribution in [-0.2, 0) is 5.75 Å². The number of rotatable bonds is 5. The molecule has 1 heterocycles.